The van der Waals surface area contributed by atoms with Crippen LogP contribution in [0.5, 0.6) is 0 Å². The lowest BCUT2D eigenvalue weighted by molar-refractivity contribution is 0.0690. The molecular formula is C17H15F2N5O2. The number of imidazole rings is 1. The summed E-state index contributed by atoms with van der Waals surface area (Å²) in [6.45, 7) is 2.51. The number of alkyl halides is 2. The number of rotatable bonds is 4. The van der Waals surface area contributed by atoms with Crippen LogP contribution in [0.15, 0.2) is 18.7 Å². The quantitative estimate of drug-likeness (QED) is 0.896. The zero-order valence-electron chi connectivity index (χ0n) is 13.9. The number of anilines is 1. The summed E-state index contributed by atoms with van der Waals surface area (Å²) in [4.78, 5) is 20.8. The van der Waals surface area contributed by atoms with Gasteiger partial charge in [0.2, 0.25) is 0 Å². The number of hydrogen-bond acceptors (Lipinski definition) is 5. The van der Waals surface area contributed by atoms with Gasteiger partial charge in [-0.25, -0.2) is 23.5 Å². The van der Waals surface area contributed by atoms with E-state index in [-0.39, 0.29) is 18.8 Å². The second-order valence-electron chi connectivity index (χ2n) is 6.75. The van der Waals surface area contributed by atoms with Gasteiger partial charge < -0.3 is 14.6 Å². The highest BCUT2D eigenvalue weighted by molar-refractivity contribution is 5.84. The van der Waals surface area contributed by atoms with Crippen molar-refractivity contribution in [2.45, 2.75) is 19.4 Å². The van der Waals surface area contributed by atoms with Crippen LogP contribution in [0.25, 0.3) is 0 Å². The Labute approximate surface area is 147 Å². The average Bonchev–Trinajstić information content (AvgIpc) is 3.05. The predicted molar refractivity (Wildman–Crippen MR) is 86.1 cm³/mol. The largest absolute Gasteiger partial charge is 0.476 e. The van der Waals surface area contributed by atoms with Crippen molar-refractivity contribution in [3.8, 4) is 6.07 Å². The molecule has 26 heavy (non-hydrogen) atoms. The van der Waals surface area contributed by atoms with Gasteiger partial charge in [-0.05, 0) is 18.1 Å². The molecule has 1 aliphatic heterocycles. The number of fused-ring (bicyclic) bond motifs is 1. The number of aromatic carboxylic acids is 1. The highest BCUT2D eigenvalue weighted by atomic mass is 19.3. The topological polar surface area (TPSA) is 95.0 Å². The van der Waals surface area contributed by atoms with E-state index >= 15 is 0 Å². The number of carbonyl (C=O) groups is 1. The van der Waals surface area contributed by atoms with Crippen molar-refractivity contribution in [2.75, 3.05) is 18.0 Å². The molecule has 7 nitrogen and oxygen atoms in total. The summed E-state index contributed by atoms with van der Waals surface area (Å²) < 4.78 is 28.4. The van der Waals surface area contributed by atoms with Gasteiger partial charge in [0.05, 0.1) is 30.3 Å². The van der Waals surface area contributed by atoms with Gasteiger partial charge in [0.25, 0.3) is 5.92 Å². The minimum atomic E-state index is -2.58. The normalized spacial score (nSPS) is 22.8. The first-order valence-corrected chi connectivity index (χ1v) is 8.09. The molecule has 2 aromatic rings. The van der Waals surface area contributed by atoms with Crippen LogP contribution >= 0.6 is 0 Å². The van der Waals surface area contributed by atoms with Crippen LogP contribution in [-0.4, -0.2) is 44.6 Å². The number of piperidine rings is 1. The van der Waals surface area contributed by atoms with Crippen LogP contribution in [0.1, 0.15) is 27.2 Å². The van der Waals surface area contributed by atoms with E-state index in [1.165, 1.54) is 12.5 Å². The van der Waals surface area contributed by atoms with Crippen molar-refractivity contribution >= 4 is 11.8 Å². The number of carboxylic acids is 1. The summed E-state index contributed by atoms with van der Waals surface area (Å²) in [6.07, 6.45) is 4.41. The number of halogens is 2. The highest BCUT2D eigenvalue weighted by Gasteiger charge is 2.71. The molecule has 2 atom stereocenters. The van der Waals surface area contributed by atoms with Crippen LogP contribution < -0.4 is 4.90 Å². The van der Waals surface area contributed by atoms with Crippen LogP contribution in [0.4, 0.5) is 14.6 Å². The Hall–Kier alpha value is -3.02. The fourth-order valence-corrected chi connectivity index (χ4v) is 3.60. The third-order valence-electron chi connectivity index (χ3n) is 5.24. The molecular weight excluding hydrogens is 344 g/mol. The lowest BCUT2D eigenvalue weighted by Crippen LogP contribution is -2.29. The molecule has 2 unspecified atom stereocenters. The summed E-state index contributed by atoms with van der Waals surface area (Å²) in [5.41, 5.74) is 1.75. The molecule has 0 bridgehead atoms. The fourth-order valence-electron chi connectivity index (χ4n) is 3.60. The molecule has 3 heterocycles. The molecule has 4 rings (SSSR count). The first-order valence-electron chi connectivity index (χ1n) is 8.09. The maximum absolute atomic E-state index is 13.4. The van der Waals surface area contributed by atoms with Crippen LogP contribution in [0.2, 0.25) is 0 Å². The lowest BCUT2D eigenvalue weighted by atomic mass is 10.1. The first-order chi connectivity index (χ1) is 12.3. The number of nitriles is 1. The first kappa shape index (κ1) is 16.4. The van der Waals surface area contributed by atoms with Crippen LogP contribution in [-0.2, 0) is 6.54 Å². The molecule has 134 valence electrons. The minimum Gasteiger partial charge on any atom is -0.476 e. The number of pyridine rings is 1. The summed E-state index contributed by atoms with van der Waals surface area (Å²) in [7, 11) is 0. The van der Waals surface area contributed by atoms with E-state index in [2.05, 4.69) is 16.0 Å². The van der Waals surface area contributed by atoms with Gasteiger partial charge in [-0.1, -0.05) is 0 Å². The fraction of sp³-hybridized carbons (Fsp3) is 0.412. The van der Waals surface area contributed by atoms with Crippen molar-refractivity contribution in [1.82, 2.24) is 14.5 Å². The van der Waals surface area contributed by atoms with Crippen LogP contribution in [0, 0.1) is 30.1 Å². The average molecular weight is 359 g/mol. The Kier molecular flexibility index (Phi) is 3.47. The number of hydrogen-bond donors (Lipinski definition) is 1. The minimum absolute atomic E-state index is 0.0649. The zero-order valence-corrected chi connectivity index (χ0v) is 13.9. The Morgan fingerprint density at radius 3 is 2.69 bits per heavy atom. The molecule has 1 saturated carbocycles. The summed E-state index contributed by atoms with van der Waals surface area (Å²) >= 11 is 0. The van der Waals surface area contributed by atoms with Gasteiger partial charge >= 0.3 is 5.97 Å². The van der Waals surface area contributed by atoms with E-state index < -0.39 is 23.7 Å². The van der Waals surface area contributed by atoms with Crippen LogP contribution in [0.3, 0.4) is 0 Å². The maximum Gasteiger partial charge on any atom is 0.356 e. The highest BCUT2D eigenvalue weighted by Crippen LogP contribution is 2.59. The van der Waals surface area contributed by atoms with Gasteiger partial charge in [-0.3, -0.25) is 0 Å². The Morgan fingerprint density at radius 1 is 1.42 bits per heavy atom. The third kappa shape index (κ3) is 2.41. The second-order valence-corrected chi connectivity index (χ2v) is 6.75. The van der Waals surface area contributed by atoms with Gasteiger partial charge in [0, 0.05) is 25.5 Å². The van der Waals surface area contributed by atoms with Crippen molar-refractivity contribution in [3.05, 3.63) is 41.1 Å². The summed E-state index contributed by atoms with van der Waals surface area (Å²) in [6, 6.07) is 2.13. The Morgan fingerprint density at radius 2 is 2.12 bits per heavy atom. The molecule has 1 aliphatic carbocycles. The summed E-state index contributed by atoms with van der Waals surface area (Å²) in [5, 5.41) is 18.5. The Balaban J connectivity index is 1.59. The summed E-state index contributed by atoms with van der Waals surface area (Å²) in [5.74, 6) is -4.54. The number of nitrogens with zero attached hydrogens (tertiary/aromatic N) is 5. The molecule has 2 fully saturated rings. The molecule has 0 radical (unpaired) electrons. The van der Waals surface area contributed by atoms with Gasteiger partial charge in [-0.15, -0.1) is 0 Å². The van der Waals surface area contributed by atoms with Crippen molar-refractivity contribution in [3.63, 3.8) is 0 Å². The molecule has 2 aliphatic rings. The van der Waals surface area contributed by atoms with Crippen molar-refractivity contribution < 1.29 is 18.7 Å². The second kappa shape index (κ2) is 5.49. The molecule has 1 saturated heterocycles. The molecule has 0 aromatic carbocycles. The van der Waals surface area contributed by atoms with E-state index in [1.54, 1.807) is 22.6 Å². The van der Waals surface area contributed by atoms with Gasteiger partial charge in [0.15, 0.2) is 5.69 Å². The third-order valence-corrected chi connectivity index (χ3v) is 5.24. The predicted octanol–water partition coefficient (Wildman–Crippen LogP) is 1.91. The van der Waals surface area contributed by atoms with E-state index in [4.69, 9.17) is 5.11 Å². The Bertz CT molecular complexity index is 935. The SMILES string of the molecule is Cc1c(Cn2cnc(C(=O)O)c2)cnc(N2CC3C(C2)C3(F)F)c1C#N. The number of aromatic nitrogens is 3. The molecule has 0 spiro atoms. The van der Waals surface area contributed by atoms with Crippen molar-refractivity contribution in [2.24, 2.45) is 11.8 Å². The molecule has 1 N–H and O–H groups in total. The lowest BCUT2D eigenvalue weighted by Gasteiger charge is -2.23. The van der Waals surface area contributed by atoms with E-state index in [0.29, 0.717) is 23.5 Å². The van der Waals surface area contributed by atoms with E-state index in [1.807, 2.05) is 0 Å². The smallest absolute Gasteiger partial charge is 0.356 e. The van der Waals surface area contributed by atoms with Gasteiger partial charge in [-0.2, -0.15) is 5.26 Å². The van der Waals surface area contributed by atoms with Gasteiger partial charge in [0.1, 0.15) is 11.9 Å². The molecule has 0 amide bonds. The van der Waals surface area contributed by atoms with E-state index in [9.17, 15) is 18.8 Å². The monoisotopic (exact) mass is 359 g/mol. The zero-order chi connectivity index (χ0) is 18.6. The molecule has 2 aromatic heterocycles. The van der Waals surface area contributed by atoms with Crippen molar-refractivity contribution in [1.29, 1.82) is 5.26 Å². The maximum atomic E-state index is 13.4. The number of carboxylic acid groups (broad SMARTS) is 1. The molecule has 9 heteroatoms. The standard InChI is InChI=1S/C17H15F2N5O2/c1-9-10(4-23-7-14(16(25)26)22-8-23)3-21-15(11(9)2-20)24-5-12-13(6-24)17(12,18)19/h3,7-8,12-13H,4-6H2,1H3,(H,25,26). The van der Waals surface area contributed by atoms with E-state index in [0.717, 1.165) is 5.56 Å².